The zero-order valence-corrected chi connectivity index (χ0v) is 25.1. The van der Waals surface area contributed by atoms with Crippen LogP contribution < -0.4 is 0 Å². The van der Waals surface area contributed by atoms with Gasteiger partial charge in [-0.3, -0.25) is 9.59 Å². The molecule has 1 N–H and O–H groups in total. The molecule has 0 aromatic rings. The van der Waals surface area contributed by atoms with E-state index in [0.29, 0.717) is 31.7 Å². The molecule has 0 aromatic carbocycles. The van der Waals surface area contributed by atoms with Crippen LogP contribution in [0.3, 0.4) is 0 Å². The Bertz CT molecular complexity index is 936. The molecule has 1 spiro atoms. The summed E-state index contributed by atoms with van der Waals surface area (Å²) in [5.74, 6) is -3.08. The van der Waals surface area contributed by atoms with Gasteiger partial charge in [0.15, 0.2) is 5.84 Å². The first-order chi connectivity index (χ1) is 18.0. The maximum absolute atomic E-state index is 14.5. The average Bonchev–Trinajstić information content (AvgIpc) is 3.09. The van der Waals surface area contributed by atoms with Gasteiger partial charge in [-0.1, -0.05) is 41.5 Å². The second kappa shape index (κ2) is 10.9. The number of amidine groups is 1. The molecule has 4 aliphatic rings. The lowest BCUT2D eigenvalue weighted by atomic mass is 9.68. The fraction of sp³-hybridized carbons (Fsp3) is 0.903. The lowest BCUT2D eigenvalue weighted by Crippen LogP contribution is -2.58. The Balaban J connectivity index is 1.68. The predicted molar refractivity (Wildman–Crippen MR) is 150 cm³/mol. The fourth-order valence-electron chi connectivity index (χ4n) is 7.61. The number of amides is 1. The van der Waals surface area contributed by atoms with E-state index in [-0.39, 0.29) is 46.9 Å². The maximum atomic E-state index is 14.5. The second-order valence-corrected chi connectivity index (χ2v) is 15.2. The molecule has 1 atom stereocenters. The molecule has 0 aromatic heterocycles. The number of carboxylic acid groups (broad SMARTS) is 1. The molecule has 6 nitrogen and oxygen atoms in total. The van der Waals surface area contributed by atoms with Crippen LogP contribution in [-0.4, -0.2) is 63.3 Å². The van der Waals surface area contributed by atoms with Crippen LogP contribution in [0.1, 0.15) is 119 Å². The van der Waals surface area contributed by atoms with Crippen LogP contribution in [0.15, 0.2) is 4.99 Å². The fourth-order valence-corrected chi connectivity index (χ4v) is 7.61. The lowest BCUT2D eigenvalue weighted by molar-refractivity contribution is -0.145. The first kappa shape index (κ1) is 30.2. The molecule has 1 unspecified atom stereocenters. The molecule has 8 heteroatoms. The minimum atomic E-state index is -2.81. The number of piperidine rings is 1. The number of aliphatic carboxylic acids is 1. The van der Waals surface area contributed by atoms with E-state index in [1.54, 1.807) is 4.90 Å². The summed E-state index contributed by atoms with van der Waals surface area (Å²) in [7, 11) is 0. The standard InChI is InChI=1S/C31H51F2N3O3/c1-28(2,3)16-14-24(21-8-10-22(11-9-21)27(38)39)36-26(37)25(35-19-7-15-30(32,33)20-35)34-31(36)17-12-23(13-18-31)29(4,5)6/h21-24H,7-20H2,1-6H3,(H,38,39). The molecule has 4 rings (SSSR count). The van der Waals surface area contributed by atoms with E-state index in [4.69, 9.17) is 4.99 Å². The SMILES string of the molecule is CC(C)(C)CCC(C1CCC(C(=O)O)CC1)N1C(=O)C(N2CCCC(F)(F)C2)=NC12CCC(C(C)(C)C)CC2. The molecule has 0 radical (unpaired) electrons. The number of hydrogen-bond acceptors (Lipinski definition) is 4. The Morgan fingerprint density at radius 3 is 2.15 bits per heavy atom. The lowest BCUT2D eigenvalue weighted by Gasteiger charge is -2.50. The summed E-state index contributed by atoms with van der Waals surface area (Å²) in [4.78, 5) is 34.8. The van der Waals surface area contributed by atoms with E-state index in [1.807, 2.05) is 4.90 Å². The smallest absolute Gasteiger partial charge is 0.306 e. The number of aliphatic imine (C=N–C) groups is 1. The molecule has 1 amide bonds. The monoisotopic (exact) mass is 551 g/mol. The minimum absolute atomic E-state index is 0.0655. The summed E-state index contributed by atoms with van der Waals surface area (Å²) >= 11 is 0. The Labute approximate surface area is 234 Å². The van der Waals surface area contributed by atoms with Crippen LogP contribution >= 0.6 is 0 Å². The molecule has 2 aliphatic carbocycles. The number of alkyl halides is 2. The van der Waals surface area contributed by atoms with Gasteiger partial charge in [0.2, 0.25) is 0 Å². The van der Waals surface area contributed by atoms with Crippen LogP contribution in [-0.2, 0) is 9.59 Å². The van der Waals surface area contributed by atoms with Gasteiger partial charge in [-0.25, -0.2) is 13.8 Å². The Kier molecular flexibility index (Phi) is 8.47. The number of carboxylic acids is 1. The normalized spacial score (nSPS) is 32.9. The average molecular weight is 552 g/mol. The number of likely N-dealkylation sites (tertiary alicyclic amines) is 1. The quantitative estimate of drug-likeness (QED) is 0.400. The molecule has 2 aliphatic heterocycles. The van der Waals surface area contributed by atoms with Crippen molar-refractivity contribution in [3.8, 4) is 0 Å². The van der Waals surface area contributed by atoms with Gasteiger partial charge in [0.25, 0.3) is 11.8 Å². The summed E-state index contributed by atoms with van der Waals surface area (Å²) in [6.45, 7) is 13.4. The van der Waals surface area contributed by atoms with Crippen molar-refractivity contribution in [3.05, 3.63) is 0 Å². The predicted octanol–water partition coefficient (Wildman–Crippen LogP) is 6.98. The number of carbonyl (C=O) groups excluding carboxylic acids is 1. The minimum Gasteiger partial charge on any atom is -0.481 e. The van der Waals surface area contributed by atoms with Crippen molar-refractivity contribution < 1.29 is 23.5 Å². The first-order valence-electron chi connectivity index (χ1n) is 15.3. The van der Waals surface area contributed by atoms with Crippen LogP contribution in [0.25, 0.3) is 0 Å². The Morgan fingerprint density at radius 2 is 1.64 bits per heavy atom. The number of halogens is 2. The number of nitrogens with zero attached hydrogens (tertiary/aromatic N) is 3. The third kappa shape index (κ3) is 6.78. The summed E-state index contributed by atoms with van der Waals surface area (Å²) in [6, 6.07) is -0.0655. The number of rotatable bonds is 5. The molecule has 1 saturated heterocycles. The topological polar surface area (TPSA) is 73.2 Å². The zero-order valence-electron chi connectivity index (χ0n) is 25.1. The van der Waals surface area contributed by atoms with Gasteiger partial charge in [-0.15, -0.1) is 0 Å². The van der Waals surface area contributed by atoms with E-state index < -0.39 is 24.1 Å². The van der Waals surface area contributed by atoms with Crippen LogP contribution in [0, 0.1) is 28.6 Å². The van der Waals surface area contributed by atoms with Gasteiger partial charge in [0.05, 0.1) is 12.5 Å². The van der Waals surface area contributed by atoms with Gasteiger partial charge in [-0.2, -0.15) is 0 Å². The van der Waals surface area contributed by atoms with Crippen molar-refractivity contribution in [1.29, 1.82) is 0 Å². The molecular formula is C31H51F2N3O3. The van der Waals surface area contributed by atoms with Gasteiger partial charge in [0, 0.05) is 19.0 Å². The third-order valence-electron chi connectivity index (χ3n) is 10.1. The number of carbonyl (C=O) groups is 2. The van der Waals surface area contributed by atoms with Crippen molar-refractivity contribution in [1.82, 2.24) is 9.80 Å². The highest BCUT2D eigenvalue weighted by Crippen LogP contribution is 2.50. The highest BCUT2D eigenvalue weighted by atomic mass is 19.3. The van der Waals surface area contributed by atoms with E-state index in [9.17, 15) is 23.5 Å². The van der Waals surface area contributed by atoms with Gasteiger partial charge in [-0.05, 0) is 93.3 Å². The molecule has 39 heavy (non-hydrogen) atoms. The second-order valence-electron chi connectivity index (χ2n) is 15.2. The van der Waals surface area contributed by atoms with Gasteiger partial charge >= 0.3 is 5.97 Å². The summed E-state index contributed by atoms with van der Waals surface area (Å²) < 4.78 is 29.0. The zero-order chi connectivity index (χ0) is 28.8. The van der Waals surface area contributed by atoms with E-state index >= 15 is 0 Å². The van der Waals surface area contributed by atoms with Crippen LogP contribution in [0.2, 0.25) is 0 Å². The molecule has 0 bridgehead atoms. The largest absolute Gasteiger partial charge is 0.481 e. The van der Waals surface area contributed by atoms with E-state index in [1.165, 1.54) is 0 Å². The number of hydrogen-bond donors (Lipinski definition) is 1. The van der Waals surface area contributed by atoms with Crippen molar-refractivity contribution in [3.63, 3.8) is 0 Å². The molecule has 2 heterocycles. The highest BCUT2D eigenvalue weighted by molar-refractivity contribution is 6.39. The van der Waals surface area contributed by atoms with Crippen LogP contribution in [0.4, 0.5) is 8.78 Å². The first-order valence-corrected chi connectivity index (χ1v) is 15.3. The highest BCUT2D eigenvalue weighted by Gasteiger charge is 2.55. The summed E-state index contributed by atoms with van der Waals surface area (Å²) in [5, 5.41) is 9.59. The Morgan fingerprint density at radius 1 is 1.03 bits per heavy atom. The molecule has 222 valence electrons. The summed E-state index contributed by atoms with van der Waals surface area (Å²) in [5.41, 5.74) is -0.445. The van der Waals surface area contributed by atoms with Crippen LogP contribution in [0.5, 0.6) is 0 Å². The molecular weight excluding hydrogens is 500 g/mol. The van der Waals surface area contributed by atoms with Crippen molar-refractivity contribution in [2.45, 2.75) is 136 Å². The third-order valence-corrected chi connectivity index (χ3v) is 10.1. The van der Waals surface area contributed by atoms with E-state index in [0.717, 1.165) is 51.4 Å². The summed E-state index contributed by atoms with van der Waals surface area (Å²) in [6.07, 6.45) is 8.17. The van der Waals surface area contributed by atoms with Gasteiger partial charge < -0.3 is 14.9 Å². The van der Waals surface area contributed by atoms with Crippen molar-refractivity contribution in [2.75, 3.05) is 13.1 Å². The molecule has 2 saturated carbocycles. The van der Waals surface area contributed by atoms with Crippen molar-refractivity contribution in [2.24, 2.45) is 33.6 Å². The van der Waals surface area contributed by atoms with Crippen molar-refractivity contribution >= 4 is 17.7 Å². The van der Waals surface area contributed by atoms with E-state index in [2.05, 4.69) is 41.5 Å². The molecule has 3 fully saturated rings. The van der Waals surface area contributed by atoms with Gasteiger partial charge in [0.1, 0.15) is 5.66 Å². The Hall–Kier alpha value is -1.73. The maximum Gasteiger partial charge on any atom is 0.306 e.